The first-order valence-corrected chi connectivity index (χ1v) is 8.36. The first kappa shape index (κ1) is 16.1. The summed E-state index contributed by atoms with van der Waals surface area (Å²) < 4.78 is 2.46. The van der Waals surface area contributed by atoms with E-state index in [0.717, 1.165) is 17.5 Å². The molecule has 0 bridgehead atoms. The Labute approximate surface area is 148 Å². The van der Waals surface area contributed by atoms with Crippen LogP contribution in [0.15, 0.2) is 53.5 Å². The van der Waals surface area contributed by atoms with Crippen molar-refractivity contribution in [2.75, 3.05) is 5.32 Å². The van der Waals surface area contributed by atoms with Crippen molar-refractivity contribution in [3.05, 3.63) is 64.7 Å². The van der Waals surface area contributed by atoms with E-state index in [1.54, 1.807) is 48.7 Å². The Kier molecular flexibility index (Phi) is 4.00. The molecular formula is C18H17N5O3. The van der Waals surface area contributed by atoms with Gasteiger partial charge in [0.1, 0.15) is 6.54 Å². The molecule has 0 radical (unpaired) electrons. The predicted octanol–water partition coefficient (Wildman–Crippen LogP) is 1.03. The lowest BCUT2D eigenvalue weighted by molar-refractivity contribution is -0.117. The second-order valence-corrected chi connectivity index (χ2v) is 6.21. The van der Waals surface area contributed by atoms with Gasteiger partial charge in [-0.05, 0) is 37.1 Å². The number of hydrogen-bond acceptors (Lipinski definition) is 4. The average molecular weight is 351 g/mol. The van der Waals surface area contributed by atoms with Crippen LogP contribution in [0.5, 0.6) is 0 Å². The summed E-state index contributed by atoms with van der Waals surface area (Å²) in [7, 11) is 0. The fourth-order valence-corrected chi connectivity index (χ4v) is 2.68. The van der Waals surface area contributed by atoms with E-state index >= 15 is 0 Å². The number of para-hydroxylation sites is 1. The molecule has 0 aliphatic heterocycles. The lowest BCUT2D eigenvalue weighted by Crippen LogP contribution is -2.30. The fraction of sp³-hybridized carbons (Fsp3) is 0.222. The van der Waals surface area contributed by atoms with Crippen molar-refractivity contribution < 1.29 is 9.59 Å². The molecule has 1 saturated carbocycles. The van der Waals surface area contributed by atoms with Crippen molar-refractivity contribution in [1.82, 2.24) is 19.5 Å². The van der Waals surface area contributed by atoms with Crippen molar-refractivity contribution in [2.45, 2.75) is 25.4 Å². The number of amides is 2. The number of pyridine rings is 1. The number of carbonyl (C=O) groups is 2. The highest BCUT2D eigenvalue weighted by atomic mass is 16.2. The van der Waals surface area contributed by atoms with Gasteiger partial charge < -0.3 is 10.6 Å². The van der Waals surface area contributed by atoms with Crippen LogP contribution in [0.3, 0.4) is 0 Å². The molecule has 0 spiro atoms. The monoisotopic (exact) mass is 351 g/mol. The van der Waals surface area contributed by atoms with E-state index in [1.165, 1.54) is 4.40 Å². The standard InChI is InChI=1S/C18H17N5O3/c24-16(11-23-18(26)22-10-4-3-7-15(22)21-23)20-14-6-2-1-5-13(14)17(25)19-12-8-9-12/h1-7,10,12H,8-9,11H2,(H,19,25)(H,20,24). The minimum Gasteiger partial charge on any atom is -0.349 e. The second-order valence-electron chi connectivity index (χ2n) is 6.21. The van der Waals surface area contributed by atoms with E-state index in [4.69, 9.17) is 0 Å². The van der Waals surface area contributed by atoms with Crippen LogP contribution < -0.4 is 16.3 Å². The molecule has 8 nitrogen and oxygen atoms in total. The summed E-state index contributed by atoms with van der Waals surface area (Å²) in [6, 6.07) is 12.2. The zero-order valence-electron chi connectivity index (χ0n) is 13.9. The van der Waals surface area contributed by atoms with Gasteiger partial charge in [0, 0.05) is 12.2 Å². The Hall–Kier alpha value is -3.42. The molecule has 1 aliphatic rings. The van der Waals surface area contributed by atoms with Gasteiger partial charge in [0.05, 0.1) is 11.3 Å². The zero-order chi connectivity index (χ0) is 18.1. The van der Waals surface area contributed by atoms with Crippen molar-refractivity contribution in [3.63, 3.8) is 0 Å². The summed E-state index contributed by atoms with van der Waals surface area (Å²) in [6.45, 7) is -0.237. The van der Waals surface area contributed by atoms with Crippen molar-refractivity contribution in [1.29, 1.82) is 0 Å². The molecule has 26 heavy (non-hydrogen) atoms. The van der Waals surface area contributed by atoms with Crippen LogP contribution in [0, 0.1) is 0 Å². The number of aromatic nitrogens is 3. The molecule has 2 aromatic heterocycles. The largest absolute Gasteiger partial charge is 0.350 e. The Morgan fingerprint density at radius 2 is 1.88 bits per heavy atom. The third kappa shape index (κ3) is 3.21. The fourth-order valence-electron chi connectivity index (χ4n) is 2.68. The van der Waals surface area contributed by atoms with Gasteiger partial charge in [0.25, 0.3) is 5.91 Å². The van der Waals surface area contributed by atoms with Gasteiger partial charge in [0.15, 0.2) is 5.65 Å². The topological polar surface area (TPSA) is 97.5 Å². The average Bonchev–Trinajstić information content (AvgIpc) is 3.40. The van der Waals surface area contributed by atoms with Crippen molar-refractivity contribution >= 4 is 23.1 Å². The number of fused-ring (bicyclic) bond motifs is 1. The van der Waals surface area contributed by atoms with Gasteiger partial charge in [-0.15, -0.1) is 5.10 Å². The first-order valence-electron chi connectivity index (χ1n) is 8.36. The highest BCUT2D eigenvalue weighted by Crippen LogP contribution is 2.21. The summed E-state index contributed by atoms with van der Waals surface area (Å²) in [5.41, 5.74) is 0.882. The molecule has 2 heterocycles. The van der Waals surface area contributed by atoms with Crippen LogP contribution in [-0.4, -0.2) is 32.0 Å². The van der Waals surface area contributed by atoms with Crippen LogP contribution >= 0.6 is 0 Å². The lowest BCUT2D eigenvalue weighted by atomic mass is 10.1. The lowest BCUT2D eigenvalue weighted by Gasteiger charge is -2.11. The van der Waals surface area contributed by atoms with Crippen LogP contribution in [0.1, 0.15) is 23.2 Å². The maximum Gasteiger partial charge on any atom is 0.350 e. The summed E-state index contributed by atoms with van der Waals surface area (Å²) in [6.07, 6.45) is 3.56. The summed E-state index contributed by atoms with van der Waals surface area (Å²) in [5, 5.41) is 9.72. The smallest absolute Gasteiger partial charge is 0.349 e. The molecule has 132 valence electrons. The molecule has 2 N–H and O–H groups in total. The maximum absolute atomic E-state index is 12.4. The zero-order valence-corrected chi connectivity index (χ0v) is 13.9. The van der Waals surface area contributed by atoms with Crippen molar-refractivity contribution in [3.8, 4) is 0 Å². The van der Waals surface area contributed by atoms with E-state index < -0.39 is 11.6 Å². The van der Waals surface area contributed by atoms with Crippen LogP contribution in [0.25, 0.3) is 5.65 Å². The molecular weight excluding hydrogens is 334 g/mol. The number of carbonyl (C=O) groups excluding carboxylic acids is 2. The molecule has 0 unspecified atom stereocenters. The molecule has 0 atom stereocenters. The third-order valence-corrected chi connectivity index (χ3v) is 4.14. The van der Waals surface area contributed by atoms with Crippen LogP contribution in [0.2, 0.25) is 0 Å². The first-order chi connectivity index (χ1) is 12.6. The summed E-state index contributed by atoms with van der Waals surface area (Å²) in [4.78, 5) is 36.9. The SMILES string of the molecule is O=C(Cn1nc2ccccn2c1=O)Nc1ccccc1C(=O)NC1CC1. The highest BCUT2D eigenvalue weighted by Gasteiger charge is 2.25. The summed E-state index contributed by atoms with van der Waals surface area (Å²) in [5.74, 6) is -0.643. The van der Waals surface area contributed by atoms with Crippen LogP contribution in [0.4, 0.5) is 5.69 Å². The predicted molar refractivity (Wildman–Crippen MR) is 95.0 cm³/mol. The molecule has 1 fully saturated rings. The third-order valence-electron chi connectivity index (χ3n) is 4.14. The second kappa shape index (κ2) is 6.47. The highest BCUT2D eigenvalue weighted by molar-refractivity contribution is 6.03. The van der Waals surface area contributed by atoms with Gasteiger partial charge in [-0.25, -0.2) is 9.48 Å². The molecule has 4 rings (SSSR count). The quantitative estimate of drug-likeness (QED) is 0.717. The Bertz CT molecular complexity index is 1050. The molecule has 8 heteroatoms. The van der Waals surface area contributed by atoms with Crippen LogP contribution in [-0.2, 0) is 11.3 Å². The molecule has 0 saturated heterocycles. The van der Waals surface area contributed by atoms with E-state index in [2.05, 4.69) is 15.7 Å². The maximum atomic E-state index is 12.4. The molecule has 1 aliphatic carbocycles. The Morgan fingerprint density at radius 3 is 2.65 bits per heavy atom. The molecule has 3 aromatic rings. The number of benzene rings is 1. The van der Waals surface area contributed by atoms with Crippen molar-refractivity contribution in [2.24, 2.45) is 0 Å². The van der Waals surface area contributed by atoms with Gasteiger partial charge in [0.2, 0.25) is 5.91 Å². The van der Waals surface area contributed by atoms with Gasteiger partial charge in [-0.1, -0.05) is 18.2 Å². The van der Waals surface area contributed by atoms with Gasteiger partial charge >= 0.3 is 5.69 Å². The number of hydrogen-bond donors (Lipinski definition) is 2. The van der Waals surface area contributed by atoms with E-state index in [1.807, 2.05) is 0 Å². The van der Waals surface area contributed by atoms with Gasteiger partial charge in [-0.2, -0.15) is 0 Å². The normalized spacial score (nSPS) is 13.5. The van der Waals surface area contributed by atoms with E-state index in [0.29, 0.717) is 16.9 Å². The Morgan fingerprint density at radius 1 is 1.12 bits per heavy atom. The van der Waals surface area contributed by atoms with Gasteiger partial charge in [-0.3, -0.25) is 14.0 Å². The minimum atomic E-state index is -0.429. The molecule has 1 aromatic carbocycles. The summed E-state index contributed by atoms with van der Waals surface area (Å²) >= 11 is 0. The van der Waals surface area contributed by atoms with E-state index in [-0.39, 0.29) is 18.5 Å². The number of nitrogens with one attached hydrogen (secondary N) is 2. The minimum absolute atomic E-state index is 0.215. The Balaban J connectivity index is 1.52. The number of rotatable bonds is 5. The van der Waals surface area contributed by atoms with E-state index in [9.17, 15) is 14.4 Å². The molecule has 2 amide bonds. The number of nitrogens with zero attached hydrogens (tertiary/aromatic N) is 3. The number of anilines is 1.